The first-order valence-electron chi connectivity index (χ1n) is 6.82. The highest BCUT2D eigenvalue weighted by Crippen LogP contribution is 2.14. The first-order chi connectivity index (χ1) is 9.75. The van der Waals surface area contributed by atoms with Gasteiger partial charge in [-0.2, -0.15) is 0 Å². The van der Waals surface area contributed by atoms with Crippen LogP contribution in [0.3, 0.4) is 0 Å². The summed E-state index contributed by atoms with van der Waals surface area (Å²) in [7, 11) is 1.88. The number of benzene rings is 1. The third-order valence-corrected chi connectivity index (χ3v) is 3.82. The van der Waals surface area contributed by atoms with E-state index in [1.807, 2.05) is 47.0 Å². The molecule has 1 aromatic carbocycles. The lowest BCUT2D eigenvalue weighted by atomic mass is 10.1. The van der Waals surface area contributed by atoms with E-state index in [1.165, 1.54) is 0 Å². The van der Waals surface area contributed by atoms with Crippen molar-refractivity contribution in [2.45, 2.75) is 12.5 Å². The number of aromatic nitrogens is 2. The van der Waals surface area contributed by atoms with Crippen molar-refractivity contribution >= 4 is 30.7 Å². The van der Waals surface area contributed by atoms with Crippen LogP contribution in [0.4, 0.5) is 0 Å². The molecule has 1 unspecified atom stereocenters. The van der Waals surface area contributed by atoms with E-state index >= 15 is 0 Å². The van der Waals surface area contributed by atoms with Crippen LogP contribution >= 0.6 is 24.8 Å². The SMILES string of the molecule is CN(C(=O)c1ccc(-n2ccnc2)cc1)C1CCNC1.Cl.Cl. The van der Waals surface area contributed by atoms with Crippen LogP contribution in [0, 0.1) is 0 Å². The summed E-state index contributed by atoms with van der Waals surface area (Å²) in [6, 6.07) is 7.93. The van der Waals surface area contributed by atoms with Gasteiger partial charge in [-0.25, -0.2) is 4.98 Å². The Morgan fingerprint density at radius 3 is 2.59 bits per heavy atom. The number of carbonyl (C=O) groups excluding carboxylic acids is 1. The Kier molecular flexibility index (Phi) is 6.87. The molecular formula is C15H20Cl2N4O. The van der Waals surface area contributed by atoms with E-state index in [2.05, 4.69) is 10.3 Å². The van der Waals surface area contributed by atoms with E-state index in [1.54, 1.807) is 12.5 Å². The van der Waals surface area contributed by atoms with Crippen LogP contribution in [-0.4, -0.2) is 46.5 Å². The Bertz CT molecular complexity index is 580. The van der Waals surface area contributed by atoms with Gasteiger partial charge in [-0.1, -0.05) is 0 Å². The minimum Gasteiger partial charge on any atom is -0.337 e. The summed E-state index contributed by atoms with van der Waals surface area (Å²) in [6.45, 7) is 1.87. The number of nitrogens with zero attached hydrogens (tertiary/aromatic N) is 3. The van der Waals surface area contributed by atoms with Crippen molar-refractivity contribution in [2.24, 2.45) is 0 Å². The molecule has 1 N–H and O–H groups in total. The van der Waals surface area contributed by atoms with Crippen LogP contribution < -0.4 is 5.32 Å². The topological polar surface area (TPSA) is 50.2 Å². The van der Waals surface area contributed by atoms with Crippen LogP contribution in [0.1, 0.15) is 16.8 Å². The minimum atomic E-state index is 0. The highest BCUT2D eigenvalue weighted by molar-refractivity contribution is 5.94. The predicted octanol–water partition coefficient (Wildman–Crippen LogP) is 2.15. The maximum Gasteiger partial charge on any atom is 0.253 e. The zero-order valence-electron chi connectivity index (χ0n) is 12.3. The molecule has 2 aromatic rings. The van der Waals surface area contributed by atoms with E-state index in [0.717, 1.165) is 30.8 Å². The van der Waals surface area contributed by atoms with E-state index < -0.39 is 0 Å². The molecule has 1 atom stereocenters. The number of amides is 1. The van der Waals surface area contributed by atoms with Crippen molar-refractivity contribution in [3.8, 4) is 5.69 Å². The molecule has 0 saturated carbocycles. The van der Waals surface area contributed by atoms with Gasteiger partial charge in [-0.05, 0) is 37.2 Å². The highest BCUT2D eigenvalue weighted by atomic mass is 35.5. The fourth-order valence-electron chi connectivity index (χ4n) is 2.53. The van der Waals surface area contributed by atoms with Crippen LogP contribution in [0.5, 0.6) is 0 Å². The molecular weight excluding hydrogens is 323 g/mol. The Morgan fingerprint density at radius 2 is 2.05 bits per heavy atom. The van der Waals surface area contributed by atoms with Crippen molar-refractivity contribution < 1.29 is 4.79 Å². The van der Waals surface area contributed by atoms with Crippen molar-refractivity contribution in [1.82, 2.24) is 19.8 Å². The number of hydrogen-bond acceptors (Lipinski definition) is 3. The Morgan fingerprint density at radius 1 is 1.32 bits per heavy atom. The summed E-state index contributed by atoms with van der Waals surface area (Å²) in [5, 5.41) is 3.28. The van der Waals surface area contributed by atoms with Crippen LogP contribution in [0.25, 0.3) is 5.69 Å². The molecule has 3 rings (SSSR count). The Balaban J connectivity index is 0.00000121. The molecule has 1 amide bonds. The maximum absolute atomic E-state index is 12.4. The molecule has 2 heterocycles. The molecule has 22 heavy (non-hydrogen) atoms. The number of halogens is 2. The van der Waals surface area contributed by atoms with Gasteiger partial charge in [0.2, 0.25) is 0 Å². The van der Waals surface area contributed by atoms with Gasteiger partial charge in [0, 0.05) is 43.3 Å². The van der Waals surface area contributed by atoms with Gasteiger partial charge in [-0.3, -0.25) is 4.79 Å². The highest BCUT2D eigenvalue weighted by Gasteiger charge is 2.23. The zero-order chi connectivity index (χ0) is 13.9. The van der Waals surface area contributed by atoms with E-state index in [0.29, 0.717) is 6.04 Å². The average Bonchev–Trinajstić information content (AvgIpc) is 3.18. The third-order valence-electron chi connectivity index (χ3n) is 3.82. The molecule has 1 aromatic heterocycles. The lowest BCUT2D eigenvalue weighted by Gasteiger charge is -2.23. The molecule has 5 nitrogen and oxygen atoms in total. The number of carbonyl (C=O) groups is 1. The smallest absolute Gasteiger partial charge is 0.253 e. The molecule has 1 fully saturated rings. The largest absolute Gasteiger partial charge is 0.337 e. The molecule has 0 radical (unpaired) electrons. The maximum atomic E-state index is 12.4. The molecule has 1 saturated heterocycles. The summed E-state index contributed by atoms with van der Waals surface area (Å²) >= 11 is 0. The van der Waals surface area contributed by atoms with Gasteiger partial charge < -0.3 is 14.8 Å². The molecule has 0 bridgehead atoms. The van der Waals surface area contributed by atoms with Gasteiger partial charge >= 0.3 is 0 Å². The zero-order valence-corrected chi connectivity index (χ0v) is 13.9. The first-order valence-corrected chi connectivity index (χ1v) is 6.82. The fourth-order valence-corrected chi connectivity index (χ4v) is 2.53. The number of likely N-dealkylation sites (N-methyl/N-ethyl adjacent to an activating group) is 1. The number of hydrogen-bond donors (Lipinski definition) is 1. The standard InChI is InChI=1S/C15H18N4O.2ClH/c1-18(14-6-7-16-10-14)15(20)12-2-4-13(5-3-12)19-9-8-17-11-19;;/h2-5,8-9,11,14,16H,6-7,10H2,1H3;2*1H. The average molecular weight is 343 g/mol. The molecule has 120 valence electrons. The quantitative estimate of drug-likeness (QED) is 0.929. The summed E-state index contributed by atoms with van der Waals surface area (Å²) in [6.07, 6.45) is 6.38. The lowest BCUT2D eigenvalue weighted by molar-refractivity contribution is 0.0744. The van der Waals surface area contributed by atoms with E-state index in [4.69, 9.17) is 0 Å². The fraction of sp³-hybridized carbons (Fsp3) is 0.333. The Labute approximate surface area is 142 Å². The van der Waals surface area contributed by atoms with Gasteiger partial charge in [0.05, 0.1) is 6.33 Å². The third kappa shape index (κ3) is 3.80. The van der Waals surface area contributed by atoms with Gasteiger partial charge in [-0.15, -0.1) is 24.8 Å². The van der Waals surface area contributed by atoms with Crippen LogP contribution in [-0.2, 0) is 0 Å². The second kappa shape index (κ2) is 8.17. The summed E-state index contributed by atoms with van der Waals surface area (Å²) < 4.78 is 1.92. The van der Waals surface area contributed by atoms with Crippen LogP contribution in [0.2, 0.25) is 0 Å². The molecule has 0 spiro atoms. The molecule has 1 aliphatic heterocycles. The summed E-state index contributed by atoms with van der Waals surface area (Å²) in [4.78, 5) is 18.3. The van der Waals surface area contributed by atoms with Crippen molar-refractivity contribution in [1.29, 1.82) is 0 Å². The molecule has 1 aliphatic rings. The van der Waals surface area contributed by atoms with Gasteiger partial charge in [0.25, 0.3) is 5.91 Å². The summed E-state index contributed by atoms with van der Waals surface area (Å²) in [5.41, 5.74) is 1.73. The van der Waals surface area contributed by atoms with E-state index in [9.17, 15) is 4.79 Å². The minimum absolute atomic E-state index is 0. The van der Waals surface area contributed by atoms with Crippen molar-refractivity contribution in [2.75, 3.05) is 20.1 Å². The second-order valence-electron chi connectivity index (χ2n) is 5.08. The first kappa shape index (κ1) is 18.5. The number of imidazole rings is 1. The monoisotopic (exact) mass is 342 g/mol. The normalized spacial score (nSPS) is 16.5. The molecule has 0 aliphatic carbocycles. The van der Waals surface area contributed by atoms with Crippen LogP contribution in [0.15, 0.2) is 43.0 Å². The number of nitrogens with one attached hydrogen (secondary N) is 1. The van der Waals surface area contributed by atoms with Crippen molar-refractivity contribution in [3.63, 3.8) is 0 Å². The lowest BCUT2D eigenvalue weighted by Crippen LogP contribution is -2.38. The Hall–Kier alpha value is -1.56. The van der Waals surface area contributed by atoms with E-state index in [-0.39, 0.29) is 30.7 Å². The second-order valence-corrected chi connectivity index (χ2v) is 5.08. The predicted molar refractivity (Wildman–Crippen MR) is 91.4 cm³/mol. The van der Waals surface area contributed by atoms with Crippen molar-refractivity contribution in [3.05, 3.63) is 48.5 Å². The molecule has 7 heteroatoms. The number of rotatable bonds is 3. The van der Waals surface area contributed by atoms with Gasteiger partial charge in [0.1, 0.15) is 0 Å². The van der Waals surface area contributed by atoms with Gasteiger partial charge in [0.15, 0.2) is 0 Å². The summed E-state index contributed by atoms with van der Waals surface area (Å²) in [5.74, 6) is 0.0795.